The molecule has 0 aliphatic carbocycles. The lowest BCUT2D eigenvalue weighted by Gasteiger charge is -2.09. The smallest absolute Gasteiger partial charge is 0.203 e. The van der Waals surface area contributed by atoms with E-state index in [1.165, 1.54) is 0 Å². The summed E-state index contributed by atoms with van der Waals surface area (Å²) in [6, 6.07) is 3.54. The molecule has 0 saturated heterocycles. The van der Waals surface area contributed by atoms with Crippen molar-refractivity contribution in [3.05, 3.63) is 23.3 Å². The summed E-state index contributed by atoms with van der Waals surface area (Å²) in [5.74, 6) is 1.44. The van der Waals surface area contributed by atoms with Gasteiger partial charge in [-0.1, -0.05) is 15.9 Å². The van der Waals surface area contributed by atoms with Gasteiger partial charge in [0.1, 0.15) is 11.5 Å². The summed E-state index contributed by atoms with van der Waals surface area (Å²) in [6.07, 6.45) is 0. The molecule has 3 nitrogen and oxygen atoms in total. The molecule has 1 aliphatic rings. The van der Waals surface area contributed by atoms with Gasteiger partial charge in [-0.3, -0.25) is 4.79 Å². The number of methoxy groups -OCH3 is 1. The first-order chi connectivity index (χ1) is 6.77. The summed E-state index contributed by atoms with van der Waals surface area (Å²) in [4.78, 5) is 11.4. The van der Waals surface area contributed by atoms with Gasteiger partial charge >= 0.3 is 0 Å². The number of carbonyl (C=O) groups is 1. The van der Waals surface area contributed by atoms with Crippen LogP contribution in [0, 0.1) is 0 Å². The van der Waals surface area contributed by atoms with Gasteiger partial charge in [0.05, 0.1) is 12.7 Å². The normalized spacial score (nSPS) is 13.7. The number of hydrogen-bond acceptors (Lipinski definition) is 3. The Hall–Kier alpha value is -1.03. The minimum Gasteiger partial charge on any atom is -0.496 e. The molecule has 4 heteroatoms. The number of halogens is 1. The molecule has 1 heterocycles. The Morgan fingerprint density at radius 2 is 2.36 bits per heavy atom. The van der Waals surface area contributed by atoms with Crippen molar-refractivity contribution < 1.29 is 14.3 Å². The van der Waals surface area contributed by atoms with E-state index < -0.39 is 0 Å². The van der Waals surface area contributed by atoms with Crippen LogP contribution in [0.3, 0.4) is 0 Å². The van der Waals surface area contributed by atoms with Crippen molar-refractivity contribution in [2.24, 2.45) is 0 Å². The van der Waals surface area contributed by atoms with Crippen molar-refractivity contribution in [2.75, 3.05) is 13.7 Å². The molecule has 14 heavy (non-hydrogen) atoms. The number of rotatable bonds is 2. The number of ketones is 1. The van der Waals surface area contributed by atoms with E-state index in [-0.39, 0.29) is 12.4 Å². The average molecular weight is 257 g/mol. The summed E-state index contributed by atoms with van der Waals surface area (Å²) in [5.41, 5.74) is 1.55. The Morgan fingerprint density at radius 3 is 3.00 bits per heavy atom. The predicted molar refractivity (Wildman–Crippen MR) is 55.5 cm³/mol. The molecule has 0 saturated carbocycles. The van der Waals surface area contributed by atoms with Gasteiger partial charge in [0.25, 0.3) is 0 Å². The molecule has 0 amide bonds. The molecule has 1 aromatic rings. The average Bonchev–Trinajstić information content (AvgIpc) is 2.59. The van der Waals surface area contributed by atoms with Crippen molar-refractivity contribution in [1.82, 2.24) is 0 Å². The van der Waals surface area contributed by atoms with Gasteiger partial charge < -0.3 is 9.47 Å². The van der Waals surface area contributed by atoms with Crippen LogP contribution in [0.25, 0.3) is 0 Å². The lowest BCUT2D eigenvalue weighted by molar-refractivity contribution is 0.0961. The molecule has 1 aromatic carbocycles. The maximum atomic E-state index is 11.4. The molecule has 0 aromatic heterocycles. The Labute approximate surface area is 90.1 Å². The van der Waals surface area contributed by atoms with Crippen LogP contribution in [0.1, 0.15) is 15.9 Å². The third kappa shape index (κ3) is 1.30. The van der Waals surface area contributed by atoms with Crippen LogP contribution in [0.4, 0.5) is 0 Å². The van der Waals surface area contributed by atoms with Crippen LogP contribution in [0.2, 0.25) is 0 Å². The summed E-state index contributed by atoms with van der Waals surface area (Å²) in [6.45, 7) is 0.141. The number of hydrogen-bond donors (Lipinski definition) is 0. The highest BCUT2D eigenvalue weighted by atomic mass is 79.9. The van der Waals surface area contributed by atoms with E-state index in [0.717, 1.165) is 11.3 Å². The topological polar surface area (TPSA) is 35.5 Å². The van der Waals surface area contributed by atoms with Gasteiger partial charge in [0.15, 0.2) is 6.61 Å². The molecule has 0 radical (unpaired) electrons. The lowest BCUT2D eigenvalue weighted by Crippen LogP contribution is -1.98. The maximum Gasteiger partial charge on any atom is 0.203 e. The number of carbonyl (C=O) groups excluding carboxylic acids is 1. The van der Waals surface area contributed by atoms with E-state index in [1.807, 2.05) is 0 Å². The van der Waals surface area contributed by atoms with Crippen molar-refractivity contribution in [3.63, 3.8) is 0 Å². The zero-order chi connectivity index (χ0) is 10.1. The van der Waals surface area contributed by atoms with Crippen LogP contribution in [-0.2, 0) is 5.33 Å². The molecular formula is C10H9BrO3. The van der Waals surface area contributed by atoms with E-state index in [9.17, 15) is 4.79 Å². The van der Waals surface area contributed by atoms with Crippen LogP contribution >= 0.6 is 15.9 Å². The minimum atomic E-state index is 0.0323. The standard InChI is InChI=1S/C10H9BrO3/c1-13-9-3-2-6-8(12)5-14-10(6)7(9)4-11/h2-3H,4-5H2,1H3. The van der Waals surface area contributed by atoms with Gasteiger partial charge in [-0.25, -0.2) is 0 Å². The monoisotopic (exact) mass is 256 g/mol. The second-order valence-corrected chi connectivity index (χ2v) is 3.53. The fourth-order valence-corrected chi connectivity index (χ4v) is 2.06. The highest BCUT2D eigenvalue weighted by molar-refractivity contribution is 9.08. The number of ether oxygens (including phenoxy) is 2. The lowest BCUT2D eigenvalue weighted by atomic mass is 10.1. The second kappa shape index (κ2) is 3.61. The zero-order valence-electron chi connectivity index (χ0n) is 7.67. The highest BCUT2D eigenvalue weighted by Crippen LogP contribution is 2.37. The number of benzene rings is 1. The Morgan fingerprint density at radius 1 is 1.57 bits per heavy atom. The zero-order valence-corrected chi connectivity index (χ0v) is 9.26. The molecule has 0 atom stereocenters. The molecule has 0 N–H and O–H groups in total. The van der Waals surface area contributed by atoms with E-state index in [4.69, 9.17) is 9.47 Å². The van der Waals surface area contributed by atoms with Crippen molar-refractivity contribution in [2.45, 2.75) is 5.33 Å². The van der Waals surface area contributed by atoms with Gasteiger partial charge in [-0.2, -0.15) is 0 Å². The first-order valence-corrected chi connectivity index (χ1v) is 5.32. The Balaban J connectivity index is 2.59. The SMILES string of the molecule is COc1ccc2c(c1CBr)OCC2=O. The van der Waals surface area contributed by atoms with Crippen LogP contribution in [-0.4, -0.2) is 19.5 Å². The first kappa shape index (κ1) is 9.52. The summed E-state index contributed by atoms with van der Waals surface area (Å²) in [7, 11) is 1.60. The van der Waals surface area contributed by atoms with Gasteiger partial charge in [0.2, 0.25) is 5.78 Å². The summed E-state index contributed by atoms with van der Waals surface area (Å²) >= 11 is 3.35. The molecule has 0 fully saturated rings. The molecular weight excluding hydrogens is 248 g/mol. The first-order valence-electron chi connectivity index (χ1n) is 4.19. The molecule has 0 bridgehead atoms. The maximum absolute atomic E-state index is 11.4. The van der Waals surface area contributed by atoms with Crippen LogP contribution < -0.4 is 9.47 Å². The van der Waals surface area contributed by atoms with Crippen molar-refractivity contribution >= 4 is 21.7 Å². The Bertz CT molecular complexity index is 387. The molecule has 2 rings (SSSR count). The largest absolute Gasteiger partial charge is 0.496 e. The van der Waals surface area contributed by atoms with Crippen LogP contribution in [0.5, 0.6) is 11.5 Å². The highest BCUT2D eigenvalue weighted by Gasteiger charge is 2.25. The minimum absolute atomic E-state index is 0.0323. The summed E-state index contributed by atoms with van der Waals surface area (Å²) in [5, 5.41) is 0.618. The Kier molecular flexibility index (Phi) is 2.46. The molecule has 0 unspecified atom stereocenters. The van der Waals surface area contributed by atoms with Gasteiger partial charge in [0, 0.05) is 10.9 Å². The third-order valence-corrected chi connectivity index (χ3v) is 2.78. The fraction of sp³-hybridized carbons (Fsp3) is 0.300. The van der Waals surface area contributed by atoms with Gasteiger partial charge in [-0.05, 0) is 12.1 Å². The molecule has 74 valence electrons. The predicted octanol–water partition coefficient (Wildman–Crippen LogP) is 2.17. The van der Waals surface area contributed by atoms with E-state index >= 15 is 0 Å². The summed E-state index contributed by atoms with van der Waals surface area (Å²) < 4.78 is 10.5. The number of Topliss-reactive ketones (excluding diaryl/α,β-unsaturated/α-hetero) is 1. The van der Waals surface area contributed by atoms with E-state index in [2.05, 4.69) is 15.9 Å². The van der Waals surface area contributed by atoms with Crippen molar-refractivity contribution in [1.29, 1.82) is 0 Å². The van der Waals surface area contributed by atoms with Crippen LogP contribution in [0.15, 0.2) is 12.1 Å². The van der Waals surface area contributed by atoms with E-state index in [1.54, 1.807) is 19.2 Å². The number of alkyl halides is 1. The fourth-order valence-electron chi connectivity index (χ4n) is 1.53. The van der Waals surface area contributed by atoms with E-state index in [0.29, 0.717) is 16.6 Å². The number of fused-ring (bicyclic) bond motifs is 1. The second-order valence-electron chi connectivity index (χ2n) is 2.97. The van der Waals surface area contributed by atoms with Crippen molar-refractivity contribution in [3.8, 4) is 11.5 Å². The quantitative estimate of drug-likeness (QED) is 0.761. The molecule has 1 aliphatic heterocycles. The molecule has 0 spiro atoms. The third-order valence-electron chi connectivity index (χ3n) is 2.22. The van der Waals surface area contributed by atoms with Gasteiger partial charge in [-0.15, -0.1) is 0 Å².